The molecule has 1 aliphatic rings. The molecule has 1 fully saturated rings. The first-order chi connectivity index (χ1) is 7.07. The fourth-order valence-electron chi connectivity index (χ4n) is 1.90. The smallest absolute Gasteiger partial charge is 0.128 e. The van der Waals surface area contributed by atoms with Crippen LogP contribution in [0.5, 0.6) is 0 Å². The summed E-state index contributed by atoms with van der Waals surface area (Å²) in [6, 6.07) is 4.16. The van der Waals surface area contributed by atoms with E-state index in [-0.39, 0.29) is 5.54 Å². The Morgan fingerprint density at radius 1 is 1.27 bits per heavy atom. The molecule has 0 atom stereocenters. The number of hydrogen-bond donors (Lipinski definition) is 1. The van der Waals surface area contributed by atoms with Gasteiger partial charge in [-0.1, -0.05) is 6.07 Å². The molecule has 3 nitrogen and oxygen atoms in total. The predicted molar refractivity (Wildman–Crippen MR) is 62.9 cm³/mol. The molecule has 0 radical (unpaired) electrons. The fourth-order valence-corrected chi connectivity index (χ4v) is 1.90. The number of rotatable bonds is 2. The molecule has 0 saturated carbocycles. The zero-order valence-corrected chi connectivity index (χ0v) is 9.53. The molecule has 82 valence electrons. The average Bonchev–Trinajstić information content (AvgIpc) is 2.69. The lowest BCUT2D eigenvalue weighted by atomic mass is 9.98. The zero-order valence-electron chi connectivity index (χ0n) is 9.53. The van der Waals surface area contributed by atoms with E-state index in [9.17, 15) is 0 Å². The van der Waals surface area contributed by atoms with Gasteiger partial charge in [0, 0.05) is 24.8 Å². The van der Waals surface area contributed by atoms with Gasteiger partial charge in [0.2, 0.25) is 0 Å². The van der Waals surface area contributed by atoms with Crippen molar-refractivity contribution in [3.63, 3.8) is 0 Å². The van der Waals surface area contributed by atoms with E-state index in [0.29, 0.717) is 0 Å². The molecule has 0 spiro atoms. The van der Waals surface area contributed by atoms with Crippen molar-refractivity contribution in [3.05, 3.63) is 23.9 Å². The van der Waals surface area contributed by atoms with Crippen LogP contribution in [-0.4, -0.2) is 18.1 Å². The van der Waals surface area contributed by atoms with Gasteiger partial charge >= 0.3 is 0 Å². The molecule has 2 N–H and O–H groups in total. The molecule has 1 aliphatic heterocycles. The monoisotopic (exact) mass is 205 g/mol. The van der Waals surface area contributed by atoms with Gasteiger partial charge in [-0.25, -0.2) is 4.98 Å². The van der Waals surface area contributed by atoms with E-state index >= 15 is 0 Å². The highest BCUT2D eigenvalue weighted by molar-refractivity contribution is 5.41. The molecule has 0 bridgehead atoms. The Labute approximate surface area is 91.3 Å². The van der Waals surface area contributed by atoms with Crippen molar-refractivity contribution >= 4 is 5.82 Å². The maximum Gasteiger partial charge on any atom is 0.128 e. The number of aromatic nitrogens is 1. The van der Waals surface area contributed by atoms with E-state index < -0.39 is 0 Å². The molecule has 1 aromatic rings. The van der Waals surface area contributed by atoms with Crippen LogP contribution >= 0.6 is 0 Å². The van der Waals surface area contributed by atoms with Crippen LogP contribution in [0.15, 0.2) is 18.3 Å². The van der Waals surface area contributed by atoms with Crippen LogP contribution in [0.4, 0.5) is 5.82 Å². The number of nitrogens with zero attached hydrogens (tertiary/aromatic N) is 2. The second kappa shape index (κ2) is 3.81. The van der Waals surface area contributed by atoms with Gasteiger partial charge in [0.05, 0.1) is 0 Å². The van der Waals surface area contributed by atoms with E-state index in [1.54, 1.807) is 0 Å². The van der Waals surface area contributed by atoms with Crippen molar-refractivity contribution in [1.29, 1.82) is 0 Å². The van der Waals surface area contributed by atoms with Crippen molar-refractivity contribution in [1.82, 2.24) is 4.98 Å². The summed E-state index contributed by atoms with van der Waals surface area (Å²) in [7, 11) is 0. The summed E-state index contributed by atoms with van der Waals surface area (Å²) in [5.41, 5.74) is 6.80. The normalized spacial score (nSPS) is 17.1. The molecule has 0 aliphatic carbocycles. The summed E-state index contributed by atoms with van der Waals surface area (Å²) < 4.78 is 0. The second-order valence-corrected chi connectivity index (χ2v) is 4.82. The van der Waals surface area contributed by atoms with Crippen LogP contribution in [0, 0.1) is 0 Å². The second-order valence-electron chi connectivity index (χ2n) is 4.82. The van der Waals surface area contributed by atoms with Crippen LogP contribution in [0.25, 0.3) is 0 Å². The predicted octanol–water partition coefficient (Wildman–Crippen LogP) is 1.88. The first-order valence-electron chi connectivity index (χ1n) is 5.58. The Hall–Kier alpha value is -1.09. The number of pyridine rings is 1. The van der Waals surface area contributed by atoms with Gasteiger partial charge in [0.1, 0.15) is 5.82 Å². The summed E-state index contributed by atoms with van der Waals surface area (Å²) in [5.74, 6) is 1.08. The van der Waals surface area contributed by atoms with E-state index in [0.717, 1.165) is 24.5 Å². The molecular weight excluding hydrogens is 186 g/mol. The van der Waals surface area contributed by atoms with Gasteiger partial charge in [0.15, 0.2) is 0 Å². The van der Waals surface area contributed by atoms with Crippen LogP contribution in [0.2, 0.25) is 0 Å². The van der Waals surface area contributed by atoms with Crippen molar-refractivity contribution in [3.8, 4) is 0 Å². The standard InChI is InChI=1S/C12H19N3/c1-12(2,13)10-5-6-11(14-9-10)15-7-3-4-8-15/h5-6,9H,3-4,7-8,13H2,1-2H3. The molecule has 1 saturated heterocycles. The van der Waals surface area contributed by atoms with Crippen LogP contribution < -0.4 is 10.6 Å². The van der Waals surface area contributed by atoms with Crippen molar-refractivity contribution in [2.75, 3.05) is 18.0 Å². The minimum absolute atomic E-state index is 0.295. The minimum Gasteiger partial charge on any atom is -0.357 e. The highest BCUT2D eigenvalue weighted by Gasteiger charge is 2.16. The van der Waals surface area contributed by atoms with E-state index in [1.807, 2.05) is 20.0 Å². The Morgan fingerprint density at radius 2 is 1.93 bits per heavy atom. The molecular formula is C12H19N3. The Kier molecular flexibility index (Phi) is 2.65. The van der Waals surface area contributed by atoms with Gasteiger partial charge in [-0.3, -0.25) is 0 Å². The number of anilines is 1. The zero-order chi connectivity index (χ0) is 10.9. The Morgan fingerprint density at radius 3 is 2.40 bits per heavy atom. The average molecular weight is 205 g/mol. The van der Waals surface area contributed by atoms with E-state index in [1.165, 1.54) is 12.8 Å². The van der Waals surface area contributed by atoms with Gasteiger partial charge < -0.3 is 10.6 Å². The van der Waals surface area contributed by atoms with Crippen molar-refractivity contribution < 1.29 is 0 Å². The number of nitrogens with two attached hydrogens (primary N) is 1. The van der Waals surface area contributed by atoms with Crippen LogP contribution in [0.3, 0.4) is 0 Å². The van der Waals surface area contributed by atoms with E-state index in [2.05, 4.69) is 22.0 Å². The molecule has 2 rings (SSSR count). The lowest BCUT2D eigenvalue weighted by molar-refractivity contribution is 0.552. The molecule has 15 heavy (non-hydrogen) atoms. The SMILES string of the molecule is CC(C)(N)c1ccc(N2CCCC2)nc1. The minimum atomic E-state index is -0.295. The lowest BCUT2D eigenvalue weighted by Crippen LogP contribution is -2.29. The quantitative estimate of drug-likeness (QED) is 0.801. The topological polar surface area (TPSA) is 42.1 Å². The molecule has 2 heterocycles. The van der Waals surface area contributed by atoms with Crippen molar-refractivity contribution in [2.24, 2.45) is 5.73 Å². The molecule has 3 heteroatoms. The largest absolute Gasteiger partial charge is 0.357 e. The first kappa shape index (κ1) is 10.4. The molecule has 0 aromatic carbocycles. The van der Waals surface area contributed by atoms with Gasteiger partial charge in [-0.05, 0) is 38.3 Å². The highest BCUT2D eigenvalue weighted by atomic mass is 15.2. The van der Waals surface area contributed by atoms with Gasteiger partial charge in [-0.15, -0.1) is 0 Å². The summed E-state index contributed by atoms with van der Waals surface area (Å²) in [4.78, 5) is 6.80. The molecule has 0 amide bonds. The summed E-state index contributed by atoms with van der Waals surface area (Å²) in [6.07, 6.45) is 4.46. The van der Waals surface area contributed by atoms with Crippen LogP contribution in [0.1, 0.15) is 32.3 Å². The first-order valence-corrected chi connectivity index (χ1v) is 5.58. The molecule has 1 aromatic heterocycles. The van der Waals surface area contributed by atoms with Gasteiger partial charge in [-0.2, -0.15) is 0 Å². The number of hydrogen-bond acceptors (Lipinski definition) is 3. The van der Waals surface area contributed by atoms with Crippen LogP contribution in [-0.2, 0) is 5.54 Å². The maximum atomic E-state index is 6.01. The molecule has 0 unspecified atom stereocenters. The third-order valence-electron chi connectivity index (χ3n) is 2.92. The third-order valence-corrected chi connectivity index (χ3v) is 2.92. The maximum absolute atomic E-state index is 6.01. The Bertz CT molecular complexity index is 318. The fraction of sp³-hybridized carbons (Fsp3) is 0.583. The summed E-state index contributed by atoms with van der Waals surface area (Å²) in [5, 5.41) is 0. The Balaban J connectivity index is 2.16. The lowest BCUT2D eigenvalue weighted by Gasteiger charge is -2.21. The summed E-state index contributed by atoms with van der Waals surface area (Å²) >= 11 is 0. The third kappa shape index (κ3) is 2.29. The highest BCUT2D eigenvalue weighted by Crippen LogP contribution is 2.21. The van der Waals surface area contributed by atoms with Crippen molar-refractivity contribution in [2.45, 2.75) is 32.2 Å². The van der Waals surface area contributed by atoms with Gasteiger partial charge in [0.25, 0.3) is 0 Å². The van der Waals surface area contributed by atoms with E-state index in [4.69, 9.17) is 5.73 Å². The summed E-state index contributed by atoms with van der Waals surface area (Å²) in [6.45, 7) is 6.27.